The Morgan fingerprint density at radius 1 is 0.350 bits per heavy atom. The van der Waals surface area contributed by atoms with E-state index in [9.17, 15) is 19.8 Å². The summed E-state index contributed by atoms with van der Waals surface area (Å²) in [7, 11) is 0. The number of aliphatic hydroxyl groups is 2. The van der Waals surface area contributed by atoms with Crippen LogP contribution in [0.15, 0.2) is 36.5 Å². The predicted octanol–water partition coefficient (Wildman–Crippen LogP) is 23.5. The van der Waals surface area contributed by atoms with Crippen molar-refractivity contribution in [1.29, 1.82) is 0 Å². The quantitative estimate of drug-likeness (QED) is 0.0320. The lowest BCUT2D eigenvalue weighted by molar-refractivity contribution is -0.143. The molecule has 0 aromatic rings. The van der Waals surface area contributed by atoms with Gasteiger partial charge in [-0.3, -0.25) is 9.59 Å². The van der Waals surface area contributed by atoms with E-state index in [4.69, 9.17) is 4.74 Å². The van der Waals surface area contributed by atoms with Crippen molar-refractivity contribution < 1.29 is 24.5 Å². The van der Waals surface area contributed by atoms with Crippen LogP contribution in [0.1, 0.15) is 399 Å². The molecule has 0 radical (unpaired) electrons. The summed E-state index contributed by atoms with van der Waals surface area (Å²) in [5.74, 6) is -0.0528. The number of hydrogen-bond acceptors (Lipinski definition) is 5. The van der Waals surface area contributed by atoms with Gasteiger partial charge in [-0.05, 0) is 64.2 Å². The highest BCUT2D eigenvalue weighted by Gasteiger charge is 2.18. The lowest BCUT2D eigenvalue weighted by Gasteiger charge is -2.20. The summed E-state index contributed by atoms with van der Waals surface area (Å²) in [5, 5.41) is 23.0. The molecule has 2 unspecified atom stereocenters. The van der Waals surface area contributed by atoms with Gasteiger partial charge < -0.3 is 20.3 Å². The maximum atomic E-state index is 12.4. The van der Waals surface area contributed by atoms with Crippen LogP contribution in [0.2, 0.25) is 0 Å². The smallest absolute Gasteiger partial charge is 0.305 e. The van der Waals surface area contributed by atoms with E-state index in [2.05, 4.69) is 43.5 Å². The minimum atomic E-state index is -0.838. The molecule has 3 N–H and O–H groups in total. The van der Waals surface area contributed by atoms with Gasteiger partial charge in [0.1, 0.15) is 0 Å². The van der Waals surface area contributed by atoms with Gasteiger partial charge in [-0.15, -0.1) is 0 Å². The Morgan fingerprint density at radius 3 is 0.963 bits per heavy atom. The van der Waals surface area contributed by atoms with E-state index in [1.807, 2.05) is 6.08 Å². The number of rotatable bonds is 68. The molecule has 0 aliphatic rings. The van der Waals surface area contributed by atoms with E-state index in [0.717, 1.165) is 51.4 Å². The maximum Gasteiger partial charge on any atom is 0.305 e. The molecule has 1 amide bonds. The van der Waals surface area contributed by atoms with Crippen LogP contribution >= 0.6 is 0 Å². The summed E-state index contributed by atoms with van der Waals surface area (Å²) in [6.07, 6.45) is 89.8. The van der Waals surface area contributed by atoms with E-state index < -0.39 is 12.1 Å². The van der Waals surface area contributed by atoms with Gasteiger partial charge in [-0.1, -0.05) is 359 Å². The lowest BCUT2D eigenvalue weighted by Crippen LogP contribution is -2.45. The third-order valence-corrected chi connectivity index (χ3v) is 16.9. The summed E-state index contributed by atoms with van der Waals surface area (Å²) in [5.41, 5.74) is 0. The molecule has 472 valence electrons. The lowest BCUT2D eigenvalue weighted by atomic mass is 10.0. The van der Waals surface area contributed by atoms with E-state index >= 15 is 0 Å². The van der Waals surface area contributed by atoms with Crippen LogP contribution in [0.5, 0.6) is 0 Å². The molecule has 0 bridgehead atoms. The van der Waals surface area contributed by atoms with E-state index in [0.29, 0.717) is 19.4 Å². The maximum absolute atomic E-state index is 12.4. The fourth-order valence-corrected chi connectivity index (χ4v) is 11.4. The van der Waals surface area contributed by atoms with Gasteiger partial charge >= 0.3 is 5.97 Å². The molecule has 0 heterocycles. The van der Waals surface area contributed by atoms with Crippen LogP contribution in [0, 0.1) is 0 Å². The second kappa shape index (κ2) is 69.6. The van der Waals surface area contributed by atoms with Crippen molar-refractivity contribution in [3.05, 3.63) is 36.5 Å². The van der Waals surface area contributed by atoms with Crippen molar-refractivity contribution in [3.63, 3.8) is 0 Å². The number of esters is 1. The Kier molecular flexibility index (Phi) is 67.9. The number of carbonyl (C=O) groups excluding carboxylic acids is 2. The van der Waals surface area contributed by atoms with Gasteiger partial charge in [-0.25, -0.2) is 0 Å². The van der Waals surface area contributed by atoms with Crippen LogP contribution < -0.4 is 5.32 Å². The molecule has 6 nitrogen and oxygen atoms in total. The van der Waals surface area contributed by atoms with Crippen molar-refractivity contribution in [1.82, 2.24) is 5.32 Å². The molecule has 0 aromatic carbocycles. The average molecular weight is 1120 g/mol. The molecule has 0 saturated heterocycles. The number of aliphatic hydroxyl groups excluding tert-OH is 2. The van der Waals surface area contributed by atoms with Gasteiger partial charge in [0, 0.05) is 12.8 Å². The molecular formula is C74H141NO5. The zero-order valence-corrected chi connectivity index (χ0v) is 54.1. The second-order valence-corrected chi connectivity index (χ2v) is 24.9. The average Bonchev–Trinajstić information content (AvgIpc) is 3.46. The first kappa shape index (κ1) is 78.1. The zero-order valence-electron chi connectivity index (χ0n) is 54.1. The van der Waals surface area contributed by atoms with Crippen molar-refractivity contribution in [2.75, 3.05) is 13.2 Å². The molecule has 0 rings (SSSR count). The van der Waals surface area contributed by atoms with Gasteiger partial charge in [-0.2, -0.15) is 0 Å². The molecule has 0 aliphatic carbocycles. The van der Waals surface area contributed by atoms with Crippen LogP contribution in [0.25, 0.3) is 0 Å². The first-order chi connectivity index (χ1) is 39.5. The molecular weight excluding hydrogens is 983 g/mol. The Balaban J connectivity index is 3.28. The Morgan fingerprint density at radius 2 is 0.625 bits per heavy atom. The molecule has 0 saturated carbocycles. The first-order valence-corrected chi connectivity index (χ1v) is 36.3. The Labute approximate surface area is 500 Å². The summed E-state index contributed by atoms with van der Waals surface area (Å²) >= 11 is 0. The van der Waals surface area contributed by atoms with E-state index in [1.54, 1.807) is 6.08 Å². The predicted molar refractivity (Wildman–Crippen MR) is 352 cm³/mol. The molecule has 0 fully saturated rings. The zero-order chi connectivity index (χ0) is 57.8. The second-order valence-electron chi connectivity index (χ2n) is 24.9. The number of unbranched alkanes of at least 4 members (excludes halogenated alkanes) is 53. The minimum absolute atomic E-state index is 0.00990. The fraction of sp³-hybridized carbons (Fsp3) is 0.892. The summed E-state index contributed by atoms with van der Waals surface area (Å²) in [4.78, 5) is 24.5. The highest BCUT2D eigenvalue weighted by atomic mass is 16.5. The molecule has 0 aromatic heterocycles. The highest BCUT2D eigenvalue weighted by Crippen LogP contribution is 2.19. The number of carbonyl (C=O) groups is 2. The number of amides is 1. The molecule has 80 heavy (non-hydrogen) atoms. The summed E-state index contributed by atoms with van der Waals surface area (Å²) in [6, 6.07) is -0.621. The third kappa shape index (κ3) is 65.2. The van der Waals surface area contributed by atoms with E-state index in [1.165, 1.54) is 321 Å². The summed E-state index contributed by atoms with van der Waals surface area (Å²) < 4.78 is 5.50. The largest absolute Gasteiger partial charge is 0.466 e. The fourth-order valence-electron chi connectivity index (χ4n) is 11.4. The summed E-state index contributed by atoms with van der Waals surface area (Å²) in [6.45, 7) is 4.89. The Bertz CT molecular complexity index is 1300. The van der Waals surface area contributed by atoms with Crippen LogP contribution in [0.3, 0.4) is 0 Å². The Hall–Kier alpha value is -1.92. The monoisotopic (exact) mass is 1120 g/mol. The third-order valence-electron chi connectivity index (χ3n) is 16.9. The van der Waals surface area contributed by atoms with Crippen molar-refractivity contribution in [3.8, 4) is 0 Å². The van der Waals surface area contributed by atoms with Crippen LogP contribution in [0.4, 0.5) is 0 Å². The normalized spacial score (nSPS) is 12.7. The molecule has 0 aliphatic heterocycles. The number of allylic oxidation sites excluding steroid dienone is 5. The minimum Gasteiger partial charge on any atom is -0.466 e. The van der Waals surface area contributed by atoms with Crippen molar-refractivity contribution >= 4 is 11.9 Å². The topological polar surface area (TPSA) is 95.9 Å². The standard InChI is InChI=1S/C74H141NO5/c1-3-5-7-9-11-13-15-16-17-42-45-48-52-56-60-64-68-74(79)80-69-65-61-57-53-49-46-43-40-38-36-34-32-30-28-26-24-22-20-18-19-21-23-25-27-29-31-33-35-37-39-41-44-47-51-55-59-63-67-73(78)75-71(70-76)72(77)66-62-58-54-50-14-12-10-8-6-4-2/h13,15,17,42,62,66,71-72,76-77H,3-12,14,16,18-41,43-61,63-65,67-70H2,1-2H3,(H,75,78)/b15-13-,42-17-,66-62+. The first-order valence-electron chi connectivity index (χ1n) is 36.3. The molecule has 2 atom stereocenters. The van der Waals surface area contributed by atoms with Crippen molar-refractivity contribution in [2.45, 2.75) is 411 Å². The number of hydrogen-bond donors (Lipinski definition) is 3. The molecule has 6 heteroatoms. The molecule has 0 spiro atoms. The highest BCUT2D eigenvalue weighted by molar-refractivity contribution is 5.76. The van der Waals surface area contributed by atoms with Gasteiger partial charge in [0.15, 0.2) is 0 Å². The van der Waals surface area contributed by atoms with Gasteiger partial charge in [0.05, 0.1) is 25.4 Å². The van der Waals surface area contributed by atoms with E-state index in [-0.39, 0.29) is 18.5 Å². The number of nitrogens with one attached hydrogen (secondary N) is 1. The van der Waals surface area contributed by atoms with Gasteiger partial charge in [0.25, 0.3) is 0 Å². The van der Waals surface area contributed by atoms with Crippen LogP contribution in [-0.4, -0.2) is 47.4 Å². The van der Waals surface area contributed by atoms with Gasteiger partial charge in [0.2, 0.25) is 5.91 Å². The SMILES string of the molecule is CCCCCC/C=C\C/C=C\CCCCCCCC(=O)OCCCCCCCCCCCCCCCCCCCCCCCCCCCCCCCCCCCCCCCC(=O)NC(CO)C(O)/C=C/CCCCCCCCCC. The van der Waals surface area contributed by atoms with Crippen LogP contribution in [-0.2, 0) is 14.3 Å². The van der Waals surface area contributed by atoms with Crippen molar-refractivity contribution in [2.24, 2.45) is 0 Å². The number of ether oxygens (including phenoxy) is 1.